The van der Waals surface area contributed by atoms with Gasteiger partial charge in [0.1, 0.15) is 11.4 Å². The molecule has 3 heterocycles. The predicted molar refractivity (Wildman–Crippen MR) is 111 cm³/mol. The Labute approximate surface area is 177 Å². The SMILES string of the molecule is CCOc1ncc(C2(O)[C@H]3CCC[C@H]2CN(Cc2cnc(C)nc2)C3)c(OCC)n1. The van der Waals surface area contributed by atoms with Crippen molar-refractivity contribution in [2.45, 2.75) is 52.2 Å². The second-order valence-electron chi connectivity index (χ2n) is 8.22. The lowest BCUT2D eigenvalue weighted by atomic mass is 9.63. The normalized spacial score (nSPS) is 26.4. The van der Waals surface area contributed by atoms with Crippen LogP contribution in [0.2, 0.25) is 0 Å². The number of aromatic nitrogens is 4. The van der Waals surface area contributed by atoms with Crippen LogP contribution in [0.3, 0.4) is 0 Å². The van der Waals surface area contributed by atoms with Crippen molar-refractivity contribution in [2.75, 3.05) is 26.3 Å². The van der Waals surface area contributed by atoms with Crippen LogP contribution in [0.5, 0.6) is 11.9 Å². The number of ether oxygens (including phenoxy) is 2. The molecule has 0 radical (unpaired) electrons. The molecule has 4 rings (SSSR count). The Morgan fingerprint density at radius 1 is 1.03 bits per heavy atom. The van der Waals surface area contributed by atoms with Crippen LogP contribution in [0.15, 0.2) is 18.6 Å². The summed E-state index contributed by atoms with van der Waals surface area (Å²) < 4.78 is 11.3. The predicted octanol–water partition coefficient (Wildman–Crippen LogP) is 2.49. The number of aryl methyl sites for hydroxylation is 1. The summed E-state index contributed by atoms with van der Waals surface area (Å²) >= 11 is 0. The molecule has 162 valence electrons. The quantitative estimate of drug-likeness (QED) is 0.740. The Bertz CT molecular complexity index is 846. The van der Waals surface area contributed by atoms with Gasteiger partial charge in [-0.05, 0) is 33.6 Å². The van der Waals surface area contributed by atoms with Crippen molar-refractivity contribution in [3.05, 3.63) is 35.5 Å². The molecule has 2 fully saturated rings. The lowest BCUT2D eigenvalue weighted by Gasteiger charge is -2.53. The van der Waals surface area contributed by atoms with Gasteiger partial charge in [0.25, 0.3) is 0 Å². The van der Waals surface area contributed by atoms with E-state index in [0.717, 1.165) is 50.3 Å². The van der Waals surface area contributed by atoms with Gasteiger partial charge in [0, 0.05) is 55.6 Å². The van der Waals surface area contributed by atoms with E-state index < -0.39 is 5.60 Å². The molecule has 1 aliphatic carbocycles. The summed E-state index contributed by atoms with van der Waals surface area (Å²) in [7, 11) is 0. The van der Waals surface area contributed by atoms with Crippen molar-refractivity contribution in [3.63, 3.8) is 0 Å². The van der Waals surface area contributed by atoms with Gasteiger partial charge in [-0.15, -0.1) is 0 Å². The van der Waals surface area contributed by atoms with E-state index in [1.165, 1.54) is 0 Å². The van der Waals surface area contributed by atoms with Gasteiger partial charge in [0.15, 0.2) is 0 Å². The second kappa shape index (κ2) is 8.81. The Morgan fingerprint density at radius 2 is 1.70 bits per heavy atom. The van der Waals surface area contributed by atoms with E-state index in [0.29, 0.717) is 24.7 Å². The van der Waals surface area contributed by atoms with Crippen molar-refractivity contribution in [1.82, 2.24) is 24.8 Å². The molecule has 2 aromatic heterocycles. The maximum absolute atomic E-state index is 12.0. The average Bonchev–Trinajstić information content (AvgIpc) is 2.71. The van der Waals surface area contributed by atoms with Crippen LogP contribution in [0, 0.1) is 18.8 Å². The first kappa shape index (κ1) is 20.9. The van der Waals surface area contributed by atoms with Crippen LogP contribution in [0.4, 0.5) is 0 Å². The van der Waals surface area contributed by atoms with E-state index in [1.54, 1.807) is 6.20 Å². The van der Waals surface area contributed by atoms with Crippen molar-refractivity contribution in [1.29, 1.82) is 0 Å². The molecule has 1 saturated heterocycles. The Morgan fingerprint density at radius 3 is 2.33 bits per heavy atom. The number of hydrogen-bond donors (Lipinski definition) is 1. The van der Waals surface area contributed by atoms with E-state index in [-0.39, 0.29) is 17.8 Å². The van der Waals surface area contributed by atoms with Crippen LogP contribution >= 0.6 is 0 Å². The molecule has 1 N–H and O–H groups in total. The smallest absolute Gasteiger partial charge is 0.319 e. The average molecular weight is 414 g/mol. The molecular formula is C22H31N5O3. The van der Waals surface area contributed by atoms with Crippen molar-refractivity contribution >= 4 is 0 Å². The summed E-state index contributed by atoms with van der Waals surface area (Å²) in [4.78, 5) is 19.8. The molecule has 1 saturated carbocycles. The summed E-state index contributed by atoms with van der Waals surface area (Å²) in [5.74, 6) is 1.41. The van der Waals surface area contributed by atoms with Gasteiger partial charge >= 0.3 is 6.01 Å². The highest BCUT2D eigenvalue weighted by Crippen LogP contribution is 2.51. The van der Waals surface area contributed by atoms with E-state index in [2.05, 4.69) is 24.8 Å². The molecule has 8 nitrogen and oxygen atoms in total. The Hall–Kier alpha value is -2.32. The van der Waals surface area contributed by atoms with Gasteiger partial charge in [0.2, 0.25) is 5.88 Å². The number of likely N-dealkylation sites (tertiary alicyclic amines) is 1. The summed E-state index contributed by atoms with van der Waals surface area (Å²) in [6, 6.07) is 0.287. The molecule has 2 atom stereocenters. The van der Waals surface area contributed by atoms with Crippen molar-refractivity contribution in [3.8, 4) is 11.9 Å². The number of aliphatic hydroxyl groups is 1. The lowest BCUT2D eigenvalue weighted by Crippen LogP contribution is -2.58. The Balaban J connectivity index is 1.60. The number of fused-ring (bicyclic) bond motifs is 2. The molecule has 2 bridgehead atoms. The van der Waals surface area contributed by atoms with Crippen LogP contribution < -0.4 is 9.47 Å². The summed E-state index contributed by atoms with van der Waals surface area (Å²) in [5, 5.41) is 12.0. The minimum atomic E-state index is -0.992. The molecule has 8 heteroatoms. The minimum Gasteiger partial charge on any atom is -0.478 e. The summed E-state index contributed by atoms with van der Waals surface area (Å²) in [6.45, 7) is 9.07. The molecule has 0 spiro atoms. The zero-order chi connectivity index (χ0) is 21.1. The largest absolute Gasteiger partial charge is 0.478 e. The zero-order valence-electron chi connectivity index (χ0n) is 18.0. The third-order valence-corrected chi connectivity index (χ3v) is 6.27. The van der Waals surface area contributed by atoms with Crippen LogP contribution in [-0.2, 0) is 12.1 Å². The Kier molecular flexibility index (Phi) is 6.15. The molecule has 2 aromatic rings. The summed E-state index contributed by atoms with van der Waals surface area (Å²) in [6.07, 6.45) is 8.55. The number of nitrogens with zero attached hydrogens (tertiary/aromatic N) is 5. The first-order valence-electron chi connectivity index (χ1n) is 10.9. The highest BCUT2D eigenvalue weighted by molar-refractivity contribution is 5.34. The van der Waals surface area contributed by atoms with Gasteiger partial charge in [0.05, 0.1) is 18.8 Å². The number of hydrogen-bond acceptors (Lipinski definition) is 8. The van der Waals surface area contributed by atoms with Crippen molar-refractivity contribution in [2.24, 2.45) is 11.8 Å². The number of rotatable bonds is 7. The van der Waals surface area contributed by atoms with Gasteiger partial charge in [-0.2, -0.15) is 4.98 Å². The van der Waals surface area contributed by atoms with E-state index >= 15 is 0 Å². The summed E-state index contributed by atoms with van der Waals surface area (Å²) in [5.41, 5.74) is 0.803. The second-order valence-corrected chi connectivity index (χ2v) is 8.22. The molecule has 1 aliphatic heterocycles. The maximum Gasteiger partial charge on any atom is 0.319 e. The maximum atomic E-state index is 12.0. The van der Waals surface area contributed by atoms with E-state index in [1.807, 2.05) is 33.2 Å². The topological polar surface area (TPSA) is 93.5 Å². The minimum absolute atomic E-state index is 0.0946. The number of piperidine rings is 1. The monoisotopic (exact) mass is 413 g/mol. The third kappa shape index (κ3) is 3.98. The zero-order valence-corrected chi connectivity index (χ0v) is 18.0. The molecule has 0 amide bonds. The molecule has 0 unspecified atom stereocenters. The van der Waals surface area contributed by atoms with Crippen LogP contribution in [0.1, 0.15) is 50.1 Å². The standard InChI is InChI=1S/C22H31N5O3/c1-4-29-20-19(11-25-21(26-20)30-5-2)22(28)17-7-6-8-18(22)14-27(13-17)12-16-9-23-15(3)24-10-16/h9-11,17-18,28H,4-8,12-14H2,1-3H3/t17-,18-/m0/s1. The molecule has 0 aromatic carbocycles. The van der Waals surface area contributed by atoms with Gasteiger partial charge in [-0.1, -0.05) is 6.42 Å². The fraction of sp³-hybridized carbons (Fsp3) is 0.636. The highest BCUT2D eigenvalue weighted by atomic mass is 16.5. The first-order chi connectivity index (χ1) is 14.5. The van der Waals surface area contributed by atoms with Gasteiger partial charge < -0.3 is 14.6 Å². The molecule has 2 aliphatic rings. The molecular weight excluding hydrogens is 382 g/mol. The fourth-order valence-corrected chi connectivity index (χ4v) is 4.94. The van der Waals surface area contributed by atoms with E-state index in [9.17, 15) is 5.11 Å². The molecule has 30 heavy (non-hydrogen) atoms. The fourth-order valence-electron chi connectivity index (χ4n) is 4.94. The highest BCUT2D eigenvalue weighted by Gasteiger charge is 2.53. The lowest BCUT2D eigenvalue weighted by molar-refractivity contribution is -0.150. The third-order valence-electron chi connectivity index (χ3n) is 6.27. The van der Waals surface area contributed by atoms with Crippen LogP contribution in [-0.4, -0.2) is 56.2 Å². The van der Waals surface area contributed by atoms with Crippen LogP contribution in [0.25, 0.3) is 0 Å². The first-order valence-corrected chi connectivity index (χ1v) is 10.9. The van der Waals surface area contributed by atoms with E-state index in [4.69, 9.17) is 9.47 Å². The van der Waals surface area contributed by atoms with Gasteiger partial charge in [-0.3, -0.25) is 4.90 Å². The van der Waals surface area contributed by atoms with Gasteiger partial charge in [-0.25, -0.2) is 15.0 Å². The van der Waals surface area contributed by atoms with Crippen molar-refractivity contribution < 1.29 is 14.6 Å².